The summed E-state index contributed by atoms with van der Waals surface area (Å²) in [7, 11) is 0. The van der Waals surface area contributed by atoms with Crippen LogP contribution in [0.3, 0.4) is 0 Å². The van der Waals surface area contributed by atoms with Gasteiger partial charge in [-0.15, -0.1) is 0 Å². The van der Waals surface area contributed by atoms with Gasteiger partial charge in [0, 0.05) is 6.54 Å². The van der Waals surface area contributed by atoms with E-state index in [1.54, 1.807) is 20.8 Å². The molecular formula is C16H23NO7. The lowest BCUT2D eigenvalue weighted by Gasteiger charge is -2.21. The second-order valence-electron chi connectivity index (χ2n) is 6.31. The standard InChI is InChI=1S/C16H23NO7/c1-16(2,3)24-15(23)17-7-6-12(19)13(20)9-4-5-11(18)10(8-9)14(21)22/h4-5,8,12-13,18-20H,6-7H2,1-3H3,(H,17,23)(H,21,22). The molecule has 8 heteroatoms. The van der Waals surface area contributed by atoms with Crippen molar-refractivity contribution in [3.05, 3.63) is 29.3 Å². The number of hydrogen-bond acceptors (Lipinski definition) is 6. The van der Waals surface area contributed by atoms with Crippen LogP contribution in [0.15, 0.2) is 18.2 Å². The summed E-state index contributed by atoms with van der Waals surface area (Å²) in [5, 5.41) is 40.9. The molecule has 0 heterocycles. The molecule has 1 aromatic carbocycles. The molecule has 0 aliphatic rings. The number of alkyl carbamates (subject to hydrolysis) is 1. The number of carbonyl (C=O) groups excluding carboxylic acids is 1. The second kappa shape index (κ2) is 7.98. The number of aliphatic hydroxyl groups is 2. The Morgan fingerprint density at radius 2 is 1.88 bits per heavy atom. The summed E-state index contributed by atoms with van der Waals surface area (Å²) >= 11 is 0. The fourth-order valence-electron chi connectivity index (χ4n) is 1.93. The number of aromatic carboxylic acids is 1. The van der Waals surface area contributed by atoms with E-state index in [1.807, 2.05) is 0 Å². The number of benzene rings is 1. The van der Waals surface area contributed by atoms with Gasteiger partial charge in [0.15, 0.2) is 0 Å². The number of amides is 1. The molecule has 0 radical (unpaired) electrons. The van der Waals surface area contributed by atoms with E-state index in [4.69, 9.17) is 9.84 Å². The Morgan fingerprint density at radius 1 is 1.25 bits per heavy atom. The van der Waals surface area contributed by atoms with Crippen LogP contribution in [0, 0.1) is 0 Å². The quantitative estimate of drug-likeness (QED) is 0.527. The van der Waals surface area contributed by atoms with Gasteiger partial charge in [0.1, 0.15) is 23.0 Å². The van der Waals surface area contributed by atoms with Gasteiger partial charge in [-0.2, -0.15) is 0 Å². The molecule has 8 nitrogen and oxygen atoms in total. The number of aliphatic hydroxyl groups excluding tert-OH is 2. The maximum absolute atomic E-state index is 11.5. The molecule has 5 N–H and O–H groups in total. The van der Waals surface area contributed by atoms with Gasteiger partial charge in [-0.25, -0.2) is 9.59 Å². The average molecular weight is 341 g/mol. The van der Waals surface area contributed by atoms with Gasteiger partial charge in [-0.3, -0.25) is 0 Å². The molecule has 0 fully saturated rings. The first-order valence-corrected chi connectivity index (χ1v) is 7.40. The van der Waals surface area contributed by atoms with Crippen LogP contribution < -0.4 is 5.32 Å². The van der Waals surface area contributed by atoms with Crippen molar-refractivity contribution in [1.82, 2.24) is 5.32 Å². The first kappa shape index (κ1) is 19.7. The van der Waals surface area contributed by atoms with E-state index in [-0.39, 0.29) is 24.1 Å². The van der Waals surface area contributed by atoms with Crippen LogP contribution >= 0.6 is 0 Å². The van der Waals surface area contributed by atoms with Gasteiger partial charge in [0.05, 0.1) is 6.10 Å². The number of nitrogens with one attached hydrogen (secondary N) is 1. The van der Waals surface area contributed by atoms with E-state index in [0.29, 0.717) is 0 Å². The monoisotopic (exact) mass is 341 g/mol. The number of carbonyl (C=O) groups is 2. The van der Waals surface area contributed by atoms with Crippen LogP contribution in [-0.2, 0) is 4.74 Å². The zero-order chi connectivity index (χ0) is 18.5. The molecule has 2 atom stereocenters. The molecule has 0 aliphatic carbocycles. The Balaban J connectivity index is 2.59. The fraction of sp³-hybridized carbons (Fsp3) is 0.500. The van der Waals surface area contributed by atoms with Crippen molar-refractivity contribution < 1.29 is 34.8 Å². The van der Waals surface area contributed by atoms with Crippen molar-refractivity contribution >= 4 is 12.1 Å². The molecule has 1 rings (SSSR count). The average Bonchev–Trinajstić information content (AvgIpc) is 2.44. The lowest BCUT2D eigenvalue weighted by molar-refractivity contribution is 0.0122. The zero-order valence-electron chi connectivity index (χ0n) is 13.8. The summed E-state index contributed by atoms with van der Waals surface area (Å²) in [6, 6.07) is 3.54. The molecule has 0 bridgehead atoms. The number of aromatic hydroxyl groups is 1. The number of carboxylic acids is 1. The van der Waals surface area contributed by atoms with Crippen molar-refractivity contribution in [3.8, 4) is 5.75 Å². The molecule has 0 spiro atoms. The van der Waals surface area contributed by atoms with Crippen LogP contribution in [0.5, 0.6) is 5.75 Å². The second-order valence-corrected chi connectivity index (χ2v) is 6.31. The van der Waals surface area contributed by atoms with Crippen molar-refractivity contribution in [2.24, 2.45) is 0 Å². The summed E-state index contributed by atoms with van der Waals surface area (Å²) in [5.74, 6) is -1.78. The third-order valence-corrected chi connectivity index (χ3v) is 3.07. The van der Waals surface area contributed by atoms with E-state index in [0.717, 1.165) is 12.1 Å². The normalized spacial score (nSPS) is 13.9. The maximum atomic E-state index is 11.5. The number of ether oxygens (including phenoxy) is 1. The molecule has 24 heavy (non-hydrogen) atoms. The molecule has 2 unspecified atom stereocenters. The van der Waals surface area contributed by atoms with Crippen molar-refractivity contribution in [2.75, 3.05) is 6.54 Å². The first-order valence-electron chi connectivity index (χ1n) is 7.40. The highest BCUT2D eigenvalue weighted by molar-refractivity contribution is 5.90. The predicted octanol–water partition coefficient (Wildman–Crippen LogP) is 1.40. The molecule has 0 aromatic heterocycles. The maximum Gasteiger partial charge on any atom is 0.407 e. The highest BCUT2D eigenvalue weighted by Gasteiger charge is 2.22. The van der Waals surface area contributed by atoms with Gasteiger partial charge in [0.25, 0.3) is 0 Å². The fourth-order valence-corrected chi connectivity index (χ4v) is 1.93. The number of hydrogen-bond donors (Lipinski definition) is 5. The summed E-state index contributed by atoms with van der Waals surface area (Å²) in [6.07, 6.45) is -3.19. The Labute approximate surface area is 139 Å². The molecule has 1 amide bonds. The van der Waals surface area contributed by atoms with Crippen LogP contribution in [-0.4, -0.2) is 50.7 Å². The number of rotatable bonds is 6. The van der Waals surface area contributed by atoms with E-state index < -0.39 is 35.6 Å². The van der Waals surface area contributed by atoms with E-state index in [1.165, 1.54) is 6.07 Å². The molecule has 1 aromatic rings. The minimum Gasteiger partial charge on any atom is -0.507 e. The number of carboxylic acid groups (broad SMARTS) is 1. The van der Waals surface area contributed by atoms with Crippen LogP contribution in [0.1, 0.15) is 49.2 Å². The van der Waals surface area contributed by atoms with Crippen LogP contribution in [0.4, 0.5) is 4.79 Å². The van der Waals surface area contributed by atoms with Crippen molar-refractivity contribution in [3.63, 3.8) is 0 Å². The Morgan fingerprint density at radius 3 is 2.42 bits per heavy atom. The lowest BCUT2D eigenvalue weighted by atomic mass is 9.99. The minimum atomic E-state index is -1.36. The third kappa shape index (κ3) is 6.05. The minimum absolute atomic E-state index is 0.0314. The van der Waals surface area contributed by atoms with E-state index >= 15 is 0 Å². The molecule has 134 valence electrons. The Bertz CT molecular complexity index is 595. The number of phenols is 1. The summed E-state index contributed by atoms with van der Waals surface area (Å²) < 4.78 is 5.03. The summed E-state index contributed by atoms with van der Waals surface area (Å²) in [6.45, 7) is 5.22. The molecule has 0 aliphatic heterocycles. The zero-order valence-corrected chi connectivity index (χ0v) is 13.8. The van der Waals surface area contributed by atoms with Gasteiger partial charge < -0.3 is 30.5 Å². The highest BCUT2D eigenvalue weighted by atomic mass is 16.6. The summed E-state index contributed by atoms with van der Waals surface area (Å²) in [5.41, 5.74) is -0.859. The first-order chi connectivity index (χ1) is 11.0. The Hall–Kier alpha value is -2.32. The van der Waals surface area contributed by atoms with Crippen molar-refractivity contribution in [2.45, 2.75) is 45.0 Å². The topological polar surface area (TPSA) is 136 Å². The van der Waals surface area contributed by atoms with E-state index in [2.05, 4.69) is 5.32 Å². The van der Waals surface area contributed by atoms with Crippen LogP contribution in [0.2, 0.25) is 0 Å². The molecule has 0 saturated carbocycles. The highest BCUT2D eigenvalue weighted by Crippen LogP contribution is 2.25. The molecule has 0 saturated heterocycles. The summed E-state index contributed by atoms with van der Waals surface area (Å²) in [4.78, 5) is 22.4. The van der Waals surface area contributed by atoms with Crippen molar-refractivity contribution in [1.29, 1.82) is 0 Å². The van der Waals surface area contributed by atoms with Gasteiger partial charge in [-0.1, -0.05) is 6.07 Å². The SMILES string of the molecule is CC(C)(C)OC(=O)NCCC(O)C(O)c1ccc(O)c(C(=O)O)c1. The van der Waals surface area contributed by atoms with Gasteiger partial charge in [0.2, 0.25) is 0 Å². The van der Waals surface area contributed by atoms with E-state index in [9.17, 15) is 24.9 Å². The van der Waals surface area contributed by atoms with Crippen LogP contribution in [0.25, 0.3) is 0 Å². The van der Waals surface area contributed by atoms with Gasteiger partial charge in [-0.05, 0) is 44.9 Å². The Kier molecular flexibility index (Phi) is 6.56. The largest absolute Gasteiger partial charge is 0.507 e. The molecular weight excluding hydrogens is 318 g/mol. The van der Waals surface area contributed by atoms with Gasteiger partial charge >= 0.3 is 12.1 Å². The lowest BCUT2D eigenvalue weighted by Crippen LogP contribution is -2.34. The smallest absolute Gasteiger partial charge is 0.407 e. The third-order valence-electron chi connectivity index (χ3n) is 3.07. The predicted molar refractivity (Wildman–Crippen MR) is 84.9 cm³/mol.